The van der Waals surface area contributed by atoms with Crippen LogP contribution in [0.3, 0.4) is 0 Å². The molecule has 4 N–H and O–H groups in total. The van der Waals surface area contributed by atoms with Crippen LogP contribution in [0, 0.1) is 28.5 Å². The lowest BCUT2D eigenvalue weighted by atomic mass is 10.1. The van der Waals surface area contributed by atoms with Gasteiger partial charge in [-0.1, -0.05) is 42.5 Å². The number of halogens is 1. The minimum Gasteiger partial charge on any atom is -0.487 e. The van der Waals surface area contributed by atoms with Crippen molar-refractivity contribution in [3.63, 3.8) is 0 Å². The Morgan fingerprint density at radius 1 is 0.842 bits per heavy atom. The van der Waals surface area contributed by atoms with Crippen LogP contribution in [-0.4, -0.2) is 22.8 Å². The van der Waals surface area contributed by atoms with Crippen LogP contribution >= 0.6 is 0 Å². The molecule has 38 heavy (non-hydrogen) atoms. The van der Waals surface area contributed by atoms with Gasteiger partial charge in [0, 0.05) is 5.56 Å². The summed E-state index contributed by atoms with van der Waals surface area (Å²) in [6.45, 7) is -0.136. The molecule has 1 aromatic heterocycles. The second-order valence-electron chi connectivity index (χ2n) is 7.76. The molecule has 0 spiro atoms. The van der Waals surface area contributed by atoms with Crippen molar-refractivity contribution in [2.75, 3.05) is 17.2 Å². The lowest BCUT2D eigenvalue weighted by molar-refractivity contribution is 0.352. The Balaban J connectivity index is 1.50. The van der Waals surface area contributed by atoms with Crippen LogP contribution in [0.1, 0.15) is 0 Å². The summed E-state index contributed by atoms with van der Waals surface area (Å²) in [5.41, 5.74) is 8.84. The van der Waals surface area contributed by atoms with E-state index in [9.17, 15) is 14.9 Å². The molecule has 0 saturated heterocycles. The molecule has 0 aliphatic rings. The molecule has 0 aliphatic carbocycles. The topological polar surface area (TPSA) is 145 Å². The maximum absolute atomic E-state index is 13.2. The third-order valence-electron chi connectivity index (χ3n) is 5.15. The van der Waals surface area contributed by atoms with Gasteiger partial charge in [0.2, 0.25) is 0 Å². The number of para-hydroxylation sites is 2. The standard InChI is InChI=1S/C28H21FN8O/c29-21-10-12-22(13-11-21)38-18-26(20(16-30)17-31)33-24-8-4-5-9-25(24)34-28(32)35-27-15-14-23(36-37-27)19-6-2-1-3-7-19/h1-15,33H,18H2,(H3,32,34,35,37). The van der Waals surface area contributed by atoms with Crippen molar-refractivity contribution >= 4 is 23.2 Å². The van der Waals surface area contributed by atoms with Crippen LogP contribution in [0.25, 0.3) is 11.3 Å². The second-order valence-corrected chi connectivity index (χ2v) is 7.76. The van der Waals surface area contributed by atoms with Crippen LogP contribution in [0.5, 0.6) is 5.75 Å². The molecule has 186 valence electrons. The van der Waals surface area contributed by atoms with Crippen LogP contribution in [0.2, 0.25) is 0 Å². The van der Waals surface area contributed by atoms with Gasteiger partial charge in [0.1, 0.15) is 30.3 Å². The predicted octanol–water partition coefficient (Wildman–Crippen LogP) is 5.13. The first kappa shape index (κ1) is 25.4. The molecular weight excluding hydrogens is 483 g/mol. The lowest BCUT2D eigenvalue weighted by Crippen LogP contribution is -2.23. The Morgan fingerprint density at radius 3 is 2.13 bits per heavy atom. The summed E-state index contributed by atoms with van der Waals surface area (Å²) >= 11 is 0. The molecule has 0 fully saturated rings. The molecule has 0 bridgehead atoms. The fraction of sp³-hybridized carbons (Fsp3) is 0.0357. The first-order chi connectivity index (χ1) is 18.6. The number of guanidine groups is 1. The Kier molecular flexibility index (Phi) is 8.20. The maximum Gasteiger partial charge on any atom is 0.199 e. The first-order valence-electron chi connectivity index (χ1n) is 11.3. The molecule has 0 aliphatic heterocycles. The average molecular weight is 505 g/mol. The Labute approximate surface area is 218 Å². The number of nitrogens with two attached hydrogens (primary N) is 1. The number of anilines is 2. The van der Waals surface area contributed by atoms with E-state index in [-0.39, 0.29) is 23.8 Å². The molecule has 3 aromatic carbocycles. The zero-order valence-corrected chi connectivity index (χ0v) is 20.0. The second kappa shape index (κ2) is 12.3. The molecule has 0 atom stereocenters. The van der Waals surface area contributed by atoms with E-state index in [1.807, 2.05) is 42.5 Å². The number of hydrogen-bond acceptors (Lipinski definition) is 7. The third kappa shape index (κ3) is 6.68. The zero-order valence-electron chi connectivity index (χ0n) is 20.0. The van der Waals surface area contributed by atoms with Gasteiger partial charge in [0.15, 0.2) is 17.4 Å². The van der Waals surface area contributed by atoms with Gasteiger partial charge in [-0.25, -0.2) is 4.39 Å². The molecule has 9 nitrogen and oxygen atoms in total. The molecule has 0 saturated carbocycles. The quantitative estimate of drug-likeness (QED) is 0.170. The van der Waals surface area contributed by atoms with E-state index in [1.54, 1.807) is 36.4 Å². The van der Waals surface area contributed by atoms with Gasteiger partial charge in [-0.2, -0.15) is 15.5 Å². The summed E-state index contributed by atoms with van der Waals surface area (Å²) in [7, 11) is 0. The van der Waals surface area contributed by atoms with E-state index in [4.69, 9.17) is 10.5 Å². The van der Waals surface area contributed by atoms with Gasteiger partial charge < -0.3 is 21.1 Å². The minimum absolute atomic E-state index is 0.0508. The van der Waals surface area contributed by atoms with Crippen molar-refractivity contribution in [2.45, 2.75) is 0 Å². The number of hydrogen-bond donors (Lipinski definition) is 3. The zero-order chi connectivity index (χ0) is 26.7. The number of allylic oxidation sites excluding steroid dienone is 1. The van der Waals surface area contributed by atoms with Crippen molar-refractivity contribution < 1.29 is 9.13 Å². The average Bonchev–Trinajstić information content (AvgIpc) is 2.95. The van der Waals surface area contributed by atoms with Crippen molar-refractivity contribution in [3.8, 4) is 29.1 Å². The first-order valence-corrected chi connectivity index (χ1v) is 11.3. The van der Waals surface area contributed by atoms with Gasteiger partial charge >= 0.3 is 0 Å². The van der Waals surface area contributed by atoms with Gasteiger partial charge in [-0.05, 0) is 48.5 Å². The normalized spacial score (nSPS) is 10.6. The van der Waals surface area contributed by atoms with E-state index >= 15 is 0 Å². The van der Waals surface area contributed by atoms with Crippen molar-refractivity contribution in [1.29, 1.82) is 10.5 Å². The molecule has 4 aromatic rings. The maximum atomic E-state index is 13.2. The Bertz CT molecular complexity index is 1520. The number of rotatable bonds is 8. The molecule has 10 heteroatoms. The summed E-state index contributed by atoms with van der Waals surface area (Å²) < 4.78 is 18.8. The number of nitriles is 2. The largest absolute Gasteiger partial charge is 0.487 e. The fourth-order valence-electron chi connectivity index (χ4n) is 3.32. The highest BCUT2D eigenvalue weighted by molar-refractivity contribution is 5.96. The monoisotopic (exact) mass is 504 g/mol. The van der Waals surface area contributed by atoms with Gasteiger partial charge in [-0.3, -0.25) is 0 Å². The summed E-state index contributed by atoms with van der Waals surface area (Å²) in [5, 5.41) is 33.2. The number of nitrogens with one attached hydrogen (secondary N) is 2. The molecule has 4 rings (SSSR count). The van der Waals surface area contributed by atoms with Crippen molar-refractivity contribution in [3.05, 3.63) is 108 Å². The fourth-order valence-corrected chi connectivity index (χ4v) is 3.32. The van der Waals surface area contributed by atoms with Crippen molar-refractivity contribution in [1.82, 2.24) is 10.2 Å². The predicted molar refractivity (Wildman–Crippen MR) is 143 cm³/mol. The summed E-state index contributed by atoms with van der Waals surface area (Å²) in [6.07, 6.45) is 0. The number of aliphatic imine (C=N–C) groups is 1. The summed E-state index contributed by atoms with van der Waals surface area (Å²) in [6, 6.07) is 29.3. The Morgan fingerprint density at radius 2 is 1.50 bits per heavy atom. The van der Waals surface area contributed by atoms with Crippen LogP contribution in [0.15, 0.2) is 107 Å². The SMILES string of the molecule is N#CC(C#N)=C(COc1ccc(F)cc1)Nc1ccccc1NC(N)=Nc1ccc(-c2ccccc2)nn1. The van der Waals surface area contributed by atoms with Crippen LogP contribution in [-0.2, 0) is 0 Å². The van der Waals surface area contributed by atoms with E-state index < -0.39 is 5.82 Å². The molecule has 0 amide bonds. The number of ether oxygens (including phenoxy) is 1. The lowest BCUT2D eigenvalue weighted by Gasteiger charge is -2.16. The molecular formula is C28H21FN8O. The Hall–Kier alpha value is -5.74. The van der Waals surface area contributed by atoms with Crippen molar-refractivity contribution in [2.24, 2.45) is 10.7 Å². The van der Waals surface area contributed by atoms with Crippen LogP contribution < -0.4 is 21.1 Å². The van der Waals surface area contributed by atoms with E-state index in [0.717, 1.165) is 5.56 Å². The number of nitrogens with zero attached hydrogens (tertiary/aromatic N) is 5. The highest BCUT2D eigenvalue weighted by Gasteiger charge is 2.12. The smallest absolute Gasteiger partial charge is 0.199 e. The van der Waals surface area contributed by atoms with E-state index in [2.05, 4.69) is 25.8 Å². The summed E-state index contributed by atoms with van der Waals surface area (Å²) in [5.74, 6) is 0.334. The molecule has 1 heterocycles. The minimum atomic E-state index is -0.404. The van der Waals surface area contributed by atoms with E-state index in [1.165, 1.54) is 24.3 Å². The van der Waals surface area contributed by atoms with Gasteiger partial charge in [0.25, 0.3) is 0 Å². The number of benzene rings is 3. The van der Waals surface area contributed by atoms with Gasteiger partial charge in [-0.15, -0.1) is 10.2 Å². The third-order valence-corrected chi connectivity index (χ3v) is 5.15. The highest BCUT2D eigenvalue weighted by Crippen LogP contribution is 2.24. The molecule has 0 unspecified atom stereocenters. The summed E-state index contributed by atoms with van der Waals surface area (Å²) in [4.78, 5) is 4.27. The highest BCUT2D eigenvalue weighted by atomic mass is 19.1. The van der Waals surface area contributed by atoms with E-state index in [0.29, 0.717) is 28.6 Å². The van der Waals surface area contributed by atoms with Gasteiger partial charge in [0.05, 0.1) is 22.8 Å². The van der Waals surface area contributed by atoms with Crippen LogP contribution in [0.4, 0.5) is 21.6 Å². The number of aromatic nitrogens is 2. The molecule has 0 radical (unpaired) electrons.